The van der Waals surface area contributed by atoms with Crippen LogP contribution < -0.4 is 10.6 Å². The molecule has 6 rings (SSSR count). The Balaban J connectivity index is 1.46. The highest BCUT2D eigenvalue weighted by molar-refractivity contribution is 6.36. The van der Waals surface area contributed by atoms with Crippen LogP contribution in [0.4, 0.5) is 15.8 Å². The van der Waals surface area contributed by atoms with Crippen molar-refractivity contribution in [1.29, 1.82) is 5.26 Å². The number of benzene rings is 2. The average molecular weight is 500 g/mol. The van der Waals surface area contributed by atoms with E-state index < -0.39 is 5.44 Å². The fraction of sp³-hybridized carbons (Fsp3) is 0.308. The molecule has 2 aliphatic carbocycles. The molecule has 36 heavy (non-hydrogen) atoms. The van der Waals surface area contributed by atoms with Gasteiger partial charge in [0.1, 0.15) is 25.4 Å². The van der Waals surface area contributed by atoms with Crippen LogP contribution in [0.2, 0.25) is 5.02 Å². The van der Waals surface area contributed by atoms with Gasteiger partial charge in [-0.1, -0.05) is 28.9 Å². The summed E-state index contributed by atoms with van der Waals surface area (Å²) >= 11 is 6.71. The van der Waals surface area contributed by atoms with E-state index in [4.69, 9.17) is 11.6 Å². The van der Waals surface area contributed by atoms with Crippen LogP contribution in [0.1, 0.15) is 55.0 Å². The second-order valence-electron chi connectivity index (χ2n) is 9.86. The number of anilines is 2. The first-order chi connectivity index (χ1) is 17.4. The van der Waals surface area contributed by atoms with Crippen LogP contribution in [0.3, 0.4) is 0 Å². The minimum absolute atomic E-state index is 0.307. The van der Waals surface area contributed by atoms with Gasteiger partial charge in [0, 0.05) is 23.3 Å². The fourth-order valence-electron chi connectivity index (χ4n) is 4.71. The molecule has 0 saturated heterocycles. The van der Waals surface area contributed by atoms with Crippen molar-refractivity contribution < 1.29 is 4.39 Å². The molecule has 1 atom stereocenters. The Bertz CT molecular complexity index is 1490. The van der Waals surface area contributed by atoms with Gasteiger partial charge in [0.15, 0.2) is 0 Å². The topological polar surface area (TPSA) is 91.5 Å². The highest BCUT2D eigenvalue weighted by Gasteiger charge is 2.34. The van der Waals surface area contributed by atoms with Gasteiger partial charge in [-0.25, -0.2) is 9.07 Å². The summed E-state index contributed by atoms with van der Waals surface area (Å²) in [4.78, 5) is 4.47. The summed E-state index contributed by atoms with van der Waals surface area (Å²) in [5.74, 6) is -0.307. The van der Waals surface area contributed by atoms with Crippen molar-refractivity contribution in [3.05, 3.63) is 76.5 Å². The molecular weight excluding hydrogens is 476 g/mol. The number of rotatable bonds is 7. The largest absolute Gasteiger partial charge is 0.381 e. The van der Waals surface area contributed by atoms with E-state index >= 15 is 0 Å². The van der Waals surface area contributed by atoms with Gasteiger partial charge >= 0.3 is 0 Å². The Morgan fingerprint density at radius 3 is 2.61 bits per heavy atom. The Labute approximate surface area is 214 Å². The van der Waals surface area contributed by atoms with Crippen molar-refractivity contribution in [2.24, 2.45) is 0 Å². The molecule has 0 radical (unpaired) electrons. The monoisotopic (exact) mass is 499 g/mol. The number of halogens is 2. The lowest BCUT2D eigenvalue weighted by Gasteiger charge is -2.32. The van der Waals surface area contributed by atoms with Crippen molar-refractivity contribution in [2.75, 3.05) is 10.6 Å². The summed E-state index contributed by atoms with van der Waals surface area (Å²) in [6.07, 6.45) is 9.02. The molecule has 180 valence electrons. The molecule has 2 heterocycles. The van der Waals surface area contributed by atoms with Crippen molar-refractivity contribution in [1.82, 2.24) is 20.0 Å². The van der Waals surface area contributed by atoms with Crippen LogP contribution in [0.5, 0.6) is 0 Å². The van der Waals surface area contributed by atoms with Gasteiger partial charge in [0.2, 0.25) is 0 Å². The van der Waals surface area contributed by atoms with Gasteiger partial charge in [-0.15, -0.1) is 5.10 Å². The van der Waals surface area contributed by atoms with Crippen molar-refractivity contribution in [3.8, 4) is 6.07 Å². The van der Waals surface area contributed by atoms with Gasteiger partial charge in [-0.05, 0) is 61.9 Å². The molecule has 1 unspecified atom stereocenters. The van der Waals surface area contributed by atoms with Crippen molar-refractivity contribution in [3.63, 3.8) is 0 Å². The quantitative estimate of drug-likeness (QED) is 0.357. The maximum atomic E-state index is 13.8. The van der Waals surface area contributed by atoms with Crippen LogP contribution in [-0.2, 0) is 5.44 Å². The molecule has 0 amide bonds. The Morgan fingerprint density at radius 2 is 1.94 bits per heavy atom. The first-order valence-electron chi connectivity index (χ1n) is 12.2. The van der Waals surface area contributed by atoms with E-state index in [1.807, 2.05) is 30.9 Å². The summed E-state index contributed by atoms with van der Waals surface area (Å²) in [6, 6.07) is 13.1. The molecule has 2 aliphatic rings. The second-order valence-corrected chi connectivity index (χ2v) is 10.3. The number of pyridine rings is 1. The van der Waals surface area contributed by atoms with E-state index in [1.54, 1.807) is 18.3 Å². The maximum Gasteiger partial charge on any atom is 0.148 e. The lowest BCUT2D eigenvalue weighted by Crippen LogP contribution is -2.37. The van der Waals surface area contributed by atoms with Crippen LogP contribution in [-0.4, -0.2) is 33.9 Å². The number of fused-ring (bicyclic) bond motifs is 1. The van der Waals surface area contributed by atoms with E-state index in [2.05, 4.69) is 32.0 Å². The summed E-state index contributed by atoms with van der Waals surface area (Å²) in [5, 5.41) is 27.0. The normalized spacial score (nSPS) is 17.2. The number of nitriles is 1. The number of hydrogen-bond donors (Lipinski definition) is 2. The number of aromatic nitrogens is 4. The molecule has 2 aromatic carbocycles. The summed E-state index contributed by atoms with van der Waals surface area (Å²) < 4.78 is 15.7. The third kappa shape index (κ3) is 4.05. The van der Waals surface area contributed by atoms with E-state index in [-0.39, 0.29) is 5.82 Å². The lowest BCUT2D eigenvalue weighted by atomic mass is 9.69. The molecule has 2 fully saturated rings. The first kappa shape index (κ1) is 22.8. The molecule has 0 aliphatic heterocycles. The first-order valence-corrected chi connectivity index (χ1v) is 12.6. The summed E-state index contributed by atoms with van der Waals surface area (Å²) in [5.41, 5.74) is 3.32. The molecule has 0 bridgehead atoms. The predicted octanol–water partition coefficient (Wildman–Crippen LogP) is 4.74. The minimum atomic E-state index is -0.820. The van der Waals surface area contributed by atoms with Gasteiger partial charge in [-0.2, -0.15) is 5.26 Å². The molecule has 10 heteroatoms. The van der Waals surface area contributed by atoms with E-state index in [1.165, 1.54) is 18.6 Å². The van der Waals surface area contributed by atoms with Gasteiger partial charge < -0.3 is 10.6 Å². The number of hydrogen-bond acceptors (Lipinski definition) is 6. The predicted molar refractivity (Wildman–Crippen MR) is 140 cm³/mol. The highest BCUT2D eigenvalue weighted by Crippen LogP contribution is 2.39. The van der Waals surface area contributed by atoms with Gasteiger partial charge in [0.05, 0.1) is 39.5 Å². The summed E-state index contributed by atoms with van der Waals surface area (Å²) in [7, 11) is 2.00. The van der Waals surface area contributed by atoms with Crippen molar-refractivity contribution >= 4 is 41.7 Å². The average Bonchev–Trinajstić information content (AvgIpc) is 3.57. The molecule has 7 nitrogen and oxygen atoms in total. The maximum absolute atomic E-state index is 13.8. The molecule has 4 aromatic rings. The minimum Gasteiger partial charge on any atom is -0.381 e. The van der Waals surface area contributed by atoms with Crippen LogP contribution in [0, 0.1) is 17.1 Å². The summed E-state index contributed by atoms with van der Waals surface area (Å²) in [6.45, 7) is 0. The second kappa shape index (κ2) is 8.79. The Morgan fingerprint density at radius 1 is 1.17 bits per heavy atom. The van der Waals surface area contributed by atoms with E-state index in [9.17, 15) is 9.65 Å². The van der Waals surface area contributed by atoms with Gasteiger partial charge in [0.25, 0.3) is 0 Å². The van der Waals surface area contributed by atoms with Crippen LogP contribution in [0.15, 0.2) is 48.8 Å². The third-order valence-corrected chi connectivity index (χ3v) is 7.55. The molecule has 0 spiro atoms. The standard InChI is InChI=1S/C26H24BClFN7/c27-26(16-4-6-17(29)7-5-16,23-14-36(35-34-23)20-8-9-20)33-19-10-21-24(32-18-2-1-3-18)15(12-30)13-31-25(21)22(28)11-19/h4-7,10-11,13-14,18,20,33H,1-3,8-9,27H2,(H,31,32). The van der Waals surface area contributed by atoms with E-state index in [0.717, 1.165) is 48.0 Å². The number of nitrogens with one attached hydrogen (secondary N) is 2. The van der Waals surface area contributed by atoms with Crippen LogP contribution in [0.25, 0.3) is 10.9 Å². The Hall–Kier alpha value is -3.64. The zero-order valence-electron chi connectivity index (χ0n) is 19.8. The fourth-order valence-corrected chi connectivity index (χ4v) is 4.98. The van der Waals surface area contributed by atoms with Crippen LogP contribution >= 0.6 is 11.6 Å². The molecular formula is C26H24BClFN7. The SMILES string of the molecule is BC(Nc1cc(Cl)c2ncc(C#N)c(NC3CCC3)c2c1)(c1ccc(F)cc1)c1cn(C2CC2)nn1. The smallest absolute Gasteiger partial charge is 0.148 e. The zero-order valence-corrected chi connectivity index (χ0v) is 20.6. The lowest BCUT2D eigenvalue weighted by molar-refractivity contribution is 0.446. The molecule has 2 aromatic heterocycles. The van der Waals surface area contributed by atoms with Crippen molar-refractivity contribution in [2.45, 2.75) is 49.6 Å². The highest BCUT2D eigenvalue weighted by atomic mass is 35.5. The van der Waals surface area contributed by atoms with E-state index in [0.29, 0.717) is 33.9 Å². The zero-order chi connectivity index (χ0) is 24.9. The molecule has 2 saturated carbocycles. The number of nitrogens with zero attached hydrogens (tertiary/aromatic N) is 5. The Kier molecular flexibility index (Phi) is 5.57. The third-order valence-electron chi connectivity index (χ3n) is 7.26. The molecule has 2 N–H and O–H groups in total. The van der Waals surface area contributed by atoms with Gasteiger partial charge in [-0.3, -0.25) is 4.98 Å².